The average molecular weight is 413 g/mol. The fourth-order valence-corrected chi connectivity index (χ4v) is 3.45. The third-order valence-electron chi connectivity index (χ3n) is 4.37. The van der Waals surface area contributed by atoms with Crippen molar-refractivity contribution < 1.29 is 13.3 Å². The van der Waals surface area contributed by atoms with Gasteiger partial charge in [-0.3, -0.25) is 15.5 Å². The van der Waals surface area contributed by atoms with Gasteiger partial charge >= 0.3 is 0 Å². The van der Waals surface area contributed by atoms with Crippen LogP contribution in [-0.2, 0) is 10.0 Å². The van der Waals surface area contributed by atoms with Crippen molar-refractivity contribution in [1.29, 1.82) is 0 Å². The Morgan fingerprint density at radius 1 is 1.10 bits per heavy atom. The number of nitro benzene ring substituents is 1. The van der Waals surface area contributed by atoms with Crippen LogP contribution in [0.5, 0.6) is 0 Å². The van der Waals surface area contributed by atoms with E-state index in [1.165, 1.54) is 24.3 Å². The summed E-state index contributed by atoms with van der Waals surface area (Å²) in [4.78, 5) is 10.3. The van der Waals surface area contributed by atoms with Crippen LogP contribution in [0.25, 0.3) is 5.69 Å². The van der Waals surface area contributed by atoms with Crippen molar-refractivity contribution in [2.75, 3.05) is 5.43 Å². The van der Waals surface area contributed by atoms with E-state index in [4.69, 9.17) is 5.14 Å². The molecule has 0 atom stereocenters. The first kappa shape index (κ1) is 20.2. The number of nitro groups is 1. The van der Waals surface area contributed by atoms with E-state index in [-0.39, 0.29) is 10.6 Å². The SMILES string of the molecule is Cc1cc(/C=N\Nc2ccc([N+](=O)[O-])cc2)c(C)n1-c1ccc(S(N)(=O)=O)cc1. The standard InChI is InChI=1S/C19H19N5O4S/c1-13-11-15(12-21-22-16-3-5-18(6-4-16)24(25)26)14(2)23(13)17-7-9-19(10-8-17)29(20,27)28/h3-12,22H,1-2H3,(H2,20,27,28)/b21-12-. The van der Waals surface area contributed by atoms with Crippen molar-refractivity contribution >= 4 is 27.6 Å². The molecule has 9 nitrogen and oxygen atoms in total. The zero-order valence-electron chi connectivity index (χ0n) is 15.7. The molecule has 10 heteroatoms. The summed E-state index contributed by atoms with van der Waals surface area (Å²) in [6, 6.07) is 14.2. The number of rotatable bonds is 6. The Balaban J connectivity index is 1.80. The van der Waals surface area contributed by atoms with Crippen molar-refractivity contribution in [2.45, 2.75) is 18.7 Å². The molecule has 3 aromatic rings. The number of benzene rings is 2. The second kappa shape index (κ2) is 7.86. The van der Waals surface area contributed by atoms with E-state index < -0.39 is 14.9 Å². The fraction of sp³-hybridized carbons (Fsp3) is 0.105. The van der Waals surface area contributed by atoms with Gasteiger partial charge in [0.15, 0.2) is 0 Å². The number of sulfonamides is 1. The molecule has 2 aromatic carbocycles. The smallest absolute Gasteiger partial charge is 0.269 e. The second-order valence-corrected chi connectivity index (χ2v) is 7.94. The summed E-state index contributed by atoms with van der Waals surface area (Å²) in [6.45, 7) is 3.86. The first-order chi connectivity index (χ1) is 13.7. The van der Waals surface area contributed by atoms with Crippen molar-refractivity contribution in [3.05, 3.63) is 81.7 Å². The number of hydrogen-bond donors (Lipinski definition) is 2. The lowest BCUT2D eigenvalue weighted by molar-refractivity contribution is -0.384. The monoisotopic (exact) mass is 413 g/mol. The van der Waals surface area contributed by atoms with Gasteiger partial charge in [-0.15, -0.1) is 0 Å². The Hall–Kier alpha value is -3.50. The molecule has 0 amide bonds. The largest absolute Gasteiger partial charge is 0.318 e. The topological polar surface area (TPSA) is 133 Å². The minimum atomic E-state index is -3.74. The van der Waals surface area contributed by atoms with Crippen LogP contribution < -0.4 is 10.6 Å². The highest BCUT2D eigenvalue weighted by Crippen LogP contribution is 2.21. The Morgan fingerprint density at radius 2 is 1.72 bits per heavy atom. The van der Waals surface area contributed by atoms with Crippen LogP contribution in [-0.4, -0.2) is 24.1 Å². The van der Waals surface area contributed by atoms with Crippen LogP contribution in [0.15, 0.2) is 64.6 Å². The van der Waals surface area contributed by atoms with Crippen LogP contribution in [0, 0.1) is 24.0 Å². The van der Waals surface area contributed by atoms with Crippen LogP contribution in [0.1, 0.15) is 17.0 Å². The maximum Gasteiger partial charge on any atom is 0.269 e. The number of nitrogens with zero attached hydrogens (tertiary/aromatic N) is 3. The number of hydrogen-bond acceptors (Lipinski definition) is 6. The van der Waals surface area contributed by atoms with Gasteiger partial charge in [0, 0.05) is 34.8 Å². The van der Waals surface area contributed by atoms with Crippen LogP contribution >= 0.6 is 0 Å². The molecule has 0 aliphatic rings. The Bertz CT molecular complexity index is 1180. The number of nitrogens with one attached hydrogen (secondary N) is 1. The van der Waals surface area contributed by atoms with Crippen molar-refractivity contribution in [3.63, 3.8) is 0 Å². The number of non-ortho nitro benzene ring substituents is 1. The van der Waals surface area contributed by atoms with Gasteiger partial charge in [-0.1, -0.05) is 0 Å². The zero-order chi connectivity index (χ0) is 21.2. The van der Waals surface area contributed by atoms with Crippen LogP contribution in [0.4, 0.5) is 11.4 Å². The molecule has 0 saturated carbocycles. The van der Waals surface area contributed by atoms with Gasteiger partial charge < -0.3 is 4.57 Å². The molecule has 0 saturated heterocycles. The van der Waals surface area contributed by atoms with Crippen LogP contribution in [0.2, 0.25) is 0 Å². The molecule has 0 bridgehead atoms. The van der Waals surface area contributed by atoms with Gasteiger partial charge in [-0.2, -0.15) is 5.10 Å². The van der Waals surface area contributed by atoms with E-state index in [2.05, 4.69) is 10.5 Å². The lowest BCUT2D eigenvalue weighted by Crippen LogP contribution is -2.12. The molecule has 1 aromatic heterocycles. The molecule has 29 heavy (non-hydrogen) atoms. The van der Waals surface area contributed by atoms with E-state index in [1.54, 1.807) is 30.5 Å². The normalized spacial score (nSPS) is 11.7. The van der Waals surface area contributed by atoms with Crippen LogP contribution in [0.3, 0.4) is 0 Å². The summed E-state index contributed by atoms with van der Waals surface area (Å²) < 4.78 is 24.8. The molecule has 0 aliphatic carbocycles. The molecule has 0 spiro atoms. The average Bonchev–Trinajstić information content (AvgIpc) is 2.95. The quantitative estimate of drug-likeness (QED) is 0.364. The predicted molar refractivity (Wildman–Crippen MR) is 111 cm³/mol. The Morgan fingerprint density at radius 3 is 2.28 bits per heavy atom. The number of nitrogens with two attached hydrogens (primary N) is 1. The zero-order valence-corrected chi connectivity index (χ0v) is 16.6. The first-order valence-electron chi connectivity index (χ1n) is 8.52. The lowest BCUT2D eigenvalue weighted by atomic mass is 10.2. The fourth-order valence-electron chi connectivity index (χ4n) is 2.93. The summed E-state index contributed by atoms with van der Waals surface area (Å²) >= 11 is 0. The van der Waals surface area contributed by atoms with E-state index in [0.717, 1.165) is 22.6 Å². The number of anilines is 1. The van der Waals surface area contributed by atoms with Crippen molar-refractivity contribution in [1.82, 2.24) is 4.57 Å². The summed E-state index contributed by atoms with van der Waals surface area (Å²) in [5.74, 6) is 0. The van der Waals surface area contributed by atoms with Gasteiger partial charge in [-0.05, 0) is 56.3 Å². The Labute approximate surface area is 167 Å². The van der Waals surface area contributed by atoms with Crippen molar-refractivity contribution in [2.24, 2.45) is 10.2 Å². The molecule has 1 heterocycles. The van der Waals surface area contributed by atoms with Gasteiger partial charge in [0.2, 0.25) is 10.0 Å². The summed E-state index contributed by atoms with van der Waals surface area (Å²) in [6.07, 6.45) is 1.65. The highest BCUT2D eigenvalue weighted by molar-refractivity contribution is 7.89. The number of hydrazone groups is 1. The van der Waals surface area contributed by atoms with Gasteiger partial charge in [0.1, 0.15) is 0 Å². The Kier molecular flexibility index (Phi) is 5.48. The molecule has 150 valence electrons. The first-order valence-corrected chi connectivity index (χ1v) is 10.1. The summed E-state index contributed by atoms with van der Waals surface area (Å²) in [7, 11) is -3.74. The second-order valence-electron chi connectivity index (χ2n) is 6.37. The highest BCUT2D eigenvalue weighted by Gasteiger charge is 2.12. The summed E-state index contributed by atoms with van der Waals surface area (Å²) in [5.41, 5.74) is 7.00. The highest BCUT2D eigenvalue weighted by atomic mass is 32.2. The van der Waals surface area contributed by atoms with E-state index in [1.807, 2.05) is 24.5 Å². The van der Waals surface area contributed by atoms with Gasteiger partial charge in [0.05, 0.1) is 21.7 Å². The molecule has 0 radical (unpaired) electrons. The summed E-state index contributed by atoms with van der Waals surface area (Å²) in [5, 5.41) is 20.0. The van der Waals surface area contributed by atoms with E-state index in [0.29, 0.717) is 5.69 Å². The predicted octanol–water partition coefficient (Wildman–Crippen LogP) is 3.10. The van der Waals surface area contributed by atoms with E-state index >= 15 is 0 Å². The molecule has 3 N–H and O–H groups in total. The lowest BCUT2D eigenvalue weighted by Gasteiger charge is -2.10. The van der Waals surface area contributed by atoms with E-state index in [9.17, 15) is 18.5 Å². The minimum Gasteiger partial charge on any atom is -0.318 e. The van der Waals surface area contributed by atoms with Gasteiger partial charge in [0.25, 0.3) is 5.69 Å². The molecule has 0 aliphatic heterocycles. The maximum absolute atomic E-state index is 11.4. The minimum absolute atomic E-state index is 0.0107. The van der Waals surface area contributed by atoms with Gasteiger partial charge in [-0.25, -0.2) is 13.6 Å². The number of aromatic nitrogens is 1. The molecular weight excluding hydrogens is 394 g/mol. The van der Waals surface area contributed by atoms with Crippen molar-refractivity contribution in [3.8, 4) is 5.69 Å². The molecule has 3 rings (SSSR count). The third kappa shape index (κ3) is 4.50. The maximum atomic E-state index is 11.4. The number of primary sulfonamides is 1. The molecular formula is C19H19N5O4S. The third-order valence-corrected chi connectivity index (χ3v) is 5.30. The molecule has 0 fully saturated rings. The molecule has 0 unspecified atom stereocenters. The number of aryl methyl sites for hydroxylation is 1.